The Morgan fingerprint density at radius 1 is 1.09 bits per heavy atom. The summed E-state index contributed by atoms with van der Waals surface area (Å²) in [4.78, 5) is 16.5. The van der Waals surface area contributed by atoms with E-state index in [1.54, 1.807) is 30.6 Å². The average molecular weight is 346 g/mol. The Bertz CT molecular complexity index is 877. The average Bonchev–Trinajstić information content (AvgIpc) is 2.57. The van der Waals surface area contributed by atoms with Gasteiger partial charge >= 0.3 is 0 Å². The van der Waals surface area contributed by atoms with Gasteiger partial charge in [0.2, 0.25) is 5.91 Å². The number of carbonyl (C=O) groups is 1. The second-order valence-corrected chi connectivity index (χ2v) is 5.86. The van der Waals surface area contributed by atoms with Crippen LogP contribution in [0.1, 0.15) is 11.6 Å². The van der Waals surface area contributed by atoms with Crippen molar-refractivity contribution in [1.29, 1.82) is 0 Å². The Morgan fingerprint density at radius 2 is 1.87 bits per heavy atom. The molecule has 1 heterocycles. The molecule has 0 bridgehead atoms. The molecule has 0 spiro atoms. The zero-order valence-electron chi connectivity index (χ0n) is 12.0. The number of nitrogens with zero attached hydrogens (tertiary/aromatic N) is 1. The molecular weight excluding hydrogens is 333 g/mol. The van der Waals surface area contributed by atoms with E-state index in [1.807, 2.05) is 24.3 Å². The summed E-state index contributed by atoms with van der Waals surface area (Å²) < 4.78 is 0. The maximum absolute atomic E-state index is 12.4. The molecule has 2 aromatic carbocycles. The number of halogens is 2. The molecule has 1 atom stereocenters. The Kier molecular flexibility index (Phi) is 4.48. The molecule has 3 aromatic rings. The number of rotatable bonds is 3. The molecule has 0 aliphatic heterocycles. The van der Waals surface area contributed by atoms with E-state index in [2.05, 4.69) is 10.3 Å². The van der Waals surface area contributed by atoms with E-state index in [9.17, 15) is 4.79 Å². The second kappa shape index (κ2) is 6.54. The Balaban J connectivity index is 1.86. The van der Waals surface area contributed by atoms with Crippen molar-refractivity contribution in [2.75, 3.05) is 5.32 Å². The SMILES string of the molecule is NC(C(=O)Nc1cncc2ccccc12)c1ccc(Cl)c(Cl)c1. The van der Waals surface area contributed by atoms with Crippen LogP contribution >= 0.6 is 23.2 Å². The number of hydrogen-bond acceptors (Lipinski definition) is 3. The third kappa shape index (κ3) is 3.29. The van der Waals surface area contributed by atoms with Gasteiger partial charge in [0.15, 0.2) is 0 Å². The van der Waals surface area contributed by atoms with E-state index in [0.29, 0.717) is 21.3 Å². The van der Waals surface area contributed by atoms with Gasteiger partial charge in [-0.2, -0.15) is 0 Å². The fourth-order valence-electron chi connectivity index (χ4n) is 2.28. The fraction of sp³-hybridized carbons (Fsp3) is 0.0588. The lowest BCUT2D eigenvalue weighted by atomic mass is 10.1. The van der Waals surface area contributed by atoms with Crippen LogP contribution in [-0.4, -0.2) is 10.9 Å². The summed E-state index contributed by atoms with van der Waals surface area (Å²) >= 11 is 11.9. The minimum absolute atomic E-state index is 0.346. The smallest absolute Gasteiger partial charge is 0.245 e. The first-order chi connectivity index (χ1) is 11.1. The van der Waals surface area contributed by atoms with Crippen molar-refractivity contribution in [1.82, 2.24) is 4.98 Å². The van der Waals surface area contributed by atoms with Gasteiger partial charge in [0.25, 0.3) is 0 Å². The van der Waals surface area contributed by atoms with Crippen molar-refractivity contribution in [3.8, 4) is 0 Å². The molecule has 1 amide bonds. The molecule has 6 heteroatoms. The van der Waals surface area contributed by atoms with Crippen LogP contribution in [0.15, 0.2) is 54.9 Å². The zero-order chi connectivity index (χ0) is 16.4. The number of benzene rings is 2. The van der Waals surface area contributed by atoms with Crippen LogP contribution in [0.2, 0.25) is 10.0 Å². The zero-order valence-corrected chi connectivity index (χ0v) is 13.5. The largest absolute Gasteiger partial charge is 0.323 e. The summed E-state index contributed by atoms with van der Waals surface area (Å²) in [5.74, 6) is -0.346. The van der Waals surface area contributed by atoms with Gasteiger partial charge in [0.05, 0.1) is 21.9 Å². The summed E-state index contributed by atoms with van der Waals surface area (Å²) in [6, 6.07) is 11.7. The monoisotopic (exact) mass is 345 g/mol. The van der Waals surface area contributed by atoms with Gasteiger partial charge in [-0.1, -0.05) is 53.5 Å². The number of nitrogens with two attached hydrogens (primary N) is 1. The number of anilines is 1. The molecule has 0 radical (unpaired) electrons. The Labute approximate surface area is 143 Å². The van der Waals surface area contributed by atoms with E-state index in [-0.39, 0.29) is 5.91 Å². The number of carbonyl (C=O) groups excluding carboxylic acids is 1. The van der Waals surface area contributed by atoms with E-state index >= 15 is 0 Å². The van der Waals surface area contributed by atoms with E-state index < -0.39 is 6.04 Å². The van der Waals surface area contributed by atoms with Gasteiger partial charge in [-0.05, 0) is 17.7 Å². The number of fused-ring (bicyclic) bond motifs is 1. The summed E-state index contributed by atoms with van der Waals surface area (Å²) in [5, 5.41) is 5.43. The first-order valence-electron chi connectivity index (χ1n) is 6.90. The van der Waals surface area contributed by atoms with Crippen LogP contribution in [0.5, 0.6) is 0 Å². The van der Waals surface area contributed by atoms with Crippen molar-refractivity contribution in [2.45, 2.75) is 6.04 Å². The van der Waals surface area contributed by atoms with Gasteiger partial charge in [0.1, 0.15) is 6.04 Å². The van der Waals surface area contributed by atoms with Crippen molar-refractivity contribution in [3.05, 3.63) is 70.5 Å². The highest BCUT2D eigenvalue weighted by Crippen LogP contribution is 2.26. The third-order valence-corrected chi connectivity index (χ3v) is 4.25. The quantitative estimate of drug-likeness (QED) is 0.748. The van der Waals surface area contributed by atoms with Crippen LogP contribution in [-0.2, 0) is 4.79 Å². The molecule has 0 fully saturated rings. The predicted octanol–water partition coefficient (Wildman–Crippen LogP) is 4.18. The molecule has 1 aromatic heterocycles. The number of pyridine rings is 1. The third-order valence-electron chi connectivity index (χ3n) is 3.51. The Hall–Kier alpha value is -2.14. The lowest BCUT2D eigenvalue weighted by Crippen LogP contribution is -2.27. The van der Waals surface area contributed by atoms with Gasteiger partial charge in [-0.25, -0.2) is 0 Å². The Morgan fingerprint density at radius 3 is 2.65 bits per heavy atom. The van der Waals surface area contributed by atoms with Crippen LogP contribution < -0.4 is 11.1 Å². The number of nitrogens with one attached hydrogen (secondary N) is 1. The van der Waals surface area contributed by atoms with Crippen molar-refractivity contribution < 1.29 is 4.79 Å². The van der Waals surface area contributed by atoms with E-state index in [4.69, 9.17) is 28.9 Å². The van der Waals surface area contributed by atoms with Crippen molar-refractivity contribution in [3.63, 3.8) is 0 Å². The minimum Gasteiger partial charge on any atom is -0.323 e. The standard InChI is InChI=1S/C17H13Cl2N3O/c18-13-6-5-10(7-14(13)19)16(20)17(23)22-15-9-21-8-11-3-1-2-4-12(11)15/h1-9,16H,20H2,(H,22,23). The molecule has 23 heavy (non-hydrogen) atoms. The fourth-order valence-corrected chi connectivity index (χ4v) is 2.59. The molecule has 116 valence electrons. The van der Waals surface area contributed by atoms with Crippen LogP contribution in [0.25, 0.3) is 10.8 Å². The topological polar surface area (TPSA) is 68.0 Å². The summed E-state index contributed by atoms with van der Waals surface area (Å²) in [7, 11) is 0. The number of amides is 1. The van der Waals surface area contributed by atoms with Gasteiger partial charge < -0.3 is 11.1 Å². The summed E-state index contributed by atoms with van der Waals surface area (Å²) in [5.41, 5.74) is 7.22. The van der Waals surface area contributed by atoms with Gasteiger partial charge in [-0.3, -0.25) is 9.78 Å². The van der Waals surface area contributed by atoms with Gasteiger partial charge in [0, 0.05) is 17.0 Å². The molecule has 4 nitrogen and oxygen atoms in total. The molecule has 0 aliphatic carbocycles. The summed E-state index contributed by atoms with van der Waals surface area (Å²) in [6.45, 7) is 0. The highest BCUT2D eigenvalue weighted by molar-refractivity contribution is 6.42. The first kappa shape index (κ1) is 15.7. The molecule has 0 saturated carbocycles. The van der Waals surface area contributed by atoms with E-state index in [1.165, 1.54) is 0 Å². The maximum Gasteiger partial charge on any atom is 0.245 e. The van der Waals surface area contributed by atoms with Crippen molar-refractivity contribution in [2.24, 2.45) is 5.73 Å². The number of hydrogen-bond donors (Lipinski definition) is 2. The molecule has 3 N–H and O–H groups in total. The highest BCUT2D eigenvalue weighted by Gasteiger charge is 2.18. The normalized spacial score (nSPS) is 12.1. The van der Waals surface area contributed by atoms with Crippen LogP contribution in [0.4, 0.5) is 5.69 Å². The maximum atomic E-state index is 12.4. The second-order valence-electron chi connectivity index (χ2n) is 5.05. The van der Waals surface area contributed by atoms with Crippen molar-refractivity contribution >= 4 is 45.6 Å². The highest BCUT2D eigenvalue weighted by atomic mass is 35.5. The van der Waals surface area contributed by atoms with Gasteiger partial charge in [-0.15, -0.1) is 0 Å². The molecule has 0 aliphatic rings. The van der Waals surface area contributed by atoms with Crippen LogP contribution in [0.3, 0.4) is 0 Å². The molecule has 0 saturated heterocycles. The number of aromatic nitrogens is 1. The first-order valence-corrected chi connectivity index (χ1v) is 7.66. The lowest BCUT2D eigenvalue weighted by Gasteiger charge is -2.14. The summed E-state index contributed by atoms with van der Waals surface area (Å²) in [6.07, 6.45) is 3.34. The molecular formula is C17H13Cl2N3O. The molecule has 1 unspecified atom stereocenters. The predicted molar refractivity (Wildman–Crippen MR) is 93.8 cm³/mol. The van der Waals surface area contributed by atoms with Crippen LogP contribution in [0, 0.1) is 0 Å². The lowest BCUT2D eigenvalue weighted by molar-refractivity contribution is -0.117. The molecule has 3 rings (SSSR count). The van der Waals surface area contributed by atoms with E-state index in [0.717, 1.165) is 10.8 Å². The minimum atomic E-state index is -0.858.